The van der Waals surface area contributed by atoms with Crippen LogP contribution in [0.5, 0.6) is 0 Å². The molecule has 14 heavy (non-hydrogen) atoms. The fourth-order valence-electron chi connectivity index (χ4n) is 1.92. The molecule has 0 bridgehead atoms. The van der Waals surface area contributed by atoms with Crippen LogP contribution < -0.4 is 5.32 Å². The molecule has 2 nitrogen and oxygen atoms in total. The predicted molar refractivity (Wildman–Crippen MR) is 57.2 cm³/mol. The summed E-state index contributed by atoms with van der Waals surface area (Å²) in [6.45, 7) is 0.849. The second-order valence-electron chi connectivity index (χ2n) is 3.72. The van der Waals surface area contributed by atoms with Crippen LogP contribution in [0.15, 0.2) is 24.3 Å². The molecule has 0 aliphatic carbocycles. The molecule has 2 rings (SSSR count). The van der Waals surface area contributed by atoms with Crippen molar-refractivity contribution in [1.29, 1.82) is 0 Å². The van der Waals surface area contributed by atoms with Crippen molar-refractivity contribution in [1.82, 2.24) is 5.32 Å². The number of rotatable bonds is 1. The Morgan fingerprint density at radius 2 is 2.07 bits per heavy atom. The Balaban J connectivity index is 2.32. The molecule has 1 aromatic carbocycles. The molecule has 2 N–H and O–H groups in total. The molecule has 1 heterocycles. The van der Waals surface area contributed by atoms with Gasteiger partial charge in [0, 0.05) is 10.6 Å². The Hall–Kier alpha value is -0.570. The van der Waals surface area contributed by atoms with E-state index in [1.165, 1.54) is 0 Å². The Morgan fingerprint density at radius 3 is 2.71 bits per heavy atom. The van der Waals surface area contributed by atoms with E-state index in [0.717, 1.165) is 31.4 Å². The van der Waals surface area contributed by atoms with Crippen LogP contribution in [0.25, 0.3) is 0 Å². The molecule has 3 heteroatoms. The summed E-state index contributed by atoms with van der Waals surface area (Å²) in [6, 6.07) is 7.46. The predicted octanol–water partition coefficient (Wildman–Crippen LogP) is 2.26. The molecule has 1 atom stereocenters. The highest BCUT2D eigenvalue weighted by Crippen LogP contribution is 2.32. The number of benzene rings is 1. The van der Waals surface area contributed by atoms with Crippen LogP contribution >= 0.6 is 11.6 Å². The third kappa shape index (κ3) is 1.78. The minimum absolute atomic E-state index is 0.629. The maximum Gasteiger partial charge on any atom is 0.143 e. The van der Waals surface area contributed by atoms with Gasteiger partial charge < -0.3 is 5.11 Å². The summed E-state index contributed by atoms with van der Waals surface area (Å²) >= 11 is 6.05. The summed E-state index contributed by atoms with van der Waals surface area (Å²) in [6.07, 6.45) is 2.89. The summed E-state index contributed by atoms with van der Waals surface area (Å²) in [5.74, 6) is 0. The molecule has 1 aliphatic heterocycles. The topological polar surface area (TPSA) is 32.3 Å². The fourth-order valence-corrected chi connectivity index (χ4v) is 2.21. The van der Waals surface area contributed by atoms with Gasteiger partial charge in [0.25, 0.3) is 0 Å². The maximum atomic E-state index is 10.3. The minimum atomic E-state index is -0.920. The van der Waals surface area contributed by atoms with Crippen molar-refractivity contribution in [2.24, 2.45) is 0 Å². The molecule has 0 saturated carbocycles. The molecular formula is C11H14ClNO. The molecule has 1 aliphatic rings. The number of aliphatic hydroxyl groups is 1. The Bertz CT molecular complexity index is 321. The summed E-state index contributed by atoms with van der Waals surface area (Å²) < 4.78 is 0. The van der Waals surface area contributed by atoms with E-state index in [2.05, 4.69) is 5.32 Å². The van der Waals surface area contributed by atoms with Crippen LogP contribution in [0.3, 0.4) is 0 Å². The van der Waals surface area contributed by atoms with Crippen molar-refractivity contribution in [2.45, 2.75) is 25.0 Å². The SMILES string of the molecule is OC1(c2ccccc2Cl)CCCCN1. The average molecular weight is 212 g/mol. The van der Waals surface area contributed by atoms with E-state index >= 15 is 0 Å². The highest BCUT2D eigenvalue weighted by atomic mass is 35.5. The van der Waals surface area contributed by atoms with Crippen molar-refractivity contribution in [3.63, 3.8) is 0 Å². The first-order chi connectivity index (χ1) is 6.72. The number of halogens is 1. The standard InChI is InChI=1S/C11H14ClNO/c12-10-6-2-1-5-9(10)11(14)7-3-4-8-13-11/h1-2,5-6,13-14H,3-4,7-8H2. The van der Waals surface area contributed by atoms with E-state index in [1.807, 2.05) is 24.3 Å². The average Bonchev–Trinajstić information content (AvgIpc) is 2.19. The van der Waals surface area contributed by atoms with Gasteiger partial charge in [0.05, 0.1) is 0 Å². The van der Waals surface area contributed by atoms with Crippen molar-refractivity contribution < 1.29 is 5.11 Å². The zero-order valence-electron chi connectivity index (χ0n) is 7.96. The number of piperidine rings is 1. The third-order valence-electron chi connectivity index (χ3n) is 2.70. The summed E-state index contributed by atoms with van der Waals surface area (Å²) in [5, 5.41) is 14.1. The maximum absolute atomic E-state index is 10.3. The largest absolute Gasteiger partial charge is 0.372 e. The quantitative estimate of drug-likeness (QED) is 0.747. The molecule has 0 amide bonds. The van der Waals surface area contributed by atoms with E-state index in [1.54, 1.807) is 0 Å². The number of hydrogen-bond acceptors (Lipinski definition) is 2. The lowest BCUT2D eigenvalue weighted by Crippen LogP contribution is -2.45. The molecule has 0 radical (unpaired) electrons. The summed E-state index contributed by atoms with van der Waals surface area (Å²) in [5.41, 5.74) is -0.127. The highest BCUT2D eigenvalue weighted by molar-refractivity contribution is 6.31. The van der Waals surface area contributed by atoms with E-state index in [0.29, 0.717) is 5.02 Å². The second kappa shape index (κ2) is 3.89. The molecule has 1 aromatic rings. The fraction of sp³-hybridized carbons (Fsp3) is 0.455. The number of nitrogens with one attached hydrogen (secondary N) is 1. The van der Waals surface area contributed by atoms with Crippen molar-refractivity contribution in [3.05, 3.63) is 34.9 Å². The molecule has 1 unspecified atom stereocenters. The van der Waals surface area contributed by atoms with Gasteiger partial charge >= 0.3 is 0 Å². The Kier molecular flexibility index (Phi) is 2.77. The van der Waals surface area contributed by atoms with Crippen LogP contribution in [0.2, 0.25) is 5.02 Å². The molecule has 1 saturated heterocycles. The molecule has 76 valence electrons. The lowest BCUT2D eigenvalue weighted by molar-refractivity contribution is -0.0239. The van der Waals surface area contributed by atoms with Crippen molar-refractivity contribution >= 4 is 11.6 Å². The van der Waals surface area contributed by atoms with Gasteiger partial charge in [-0.1, -0.05) is 29.8 Å². The summed E-state index contributed by atoms with van der Waals surface area (Å²) in [7, 11) is 0. The smallest absolute Gasteiger partial charge is 0.143 e. The van der Waals surface area contributed by atoms with Crippen LogP contribution in [0, 0.1) is 0 Å². The van der Waals surface area contributed by atoms with Crippen LogP contribution in [0.1, 0.15) is 24.8 Å². The van der Waals surface area contributed by atoms with Crippen LogP contribution in [0.4, 0.5) is 0 Å². The lowest BCUT2D eigenvalue weighted by Gasteiger charge is -2.34. The van der Waals surface area contributed by atoms with E-state index in [-0.39, 0.29) is 0 Å². The highest BCUT2D eigenvalue weighted by Gasteiger charge is 2.32. The second-order valence-corrected chi connectivity index (χ2v) is 4.13. The van der Waals surface area contributed by atoms with Crippen molar-refractivity contribution in [2.75, 3.05) is 6.54 Å². The first-order valence-corrected chi connectivity index (χ1v) is 5.33. The van der Waals surface area contributed by atoms with Crippen LogP contribution in [-0.2, 0) is 5.72 Å². The third-order valence-corrected chi connectivity index (χ3v) is 3.03. The monoisotopic (exact) mass is 211 g/mol. The number of hydrogen-bond donors (Lipinski definition) is 2. The van der Waals surface area contributed by atoms with Gasteiger partial charge in [0.15, 0.2) is 0 Å². The Labute approximate surface area is 88.9 Å². The van der Waals surface area contributed by atoms with E-state index in [4.69, 9.17) is 11.6 Å². The lowest BCUT2D eigenvalue weighted by atomic mass is 9.93. The zero-order valence-corrected chi connectivity index (χ0v) is 8.72. The van der Waals surface area contributed by atoms with Crippen LogP contribution in [-0.4, -0.2) is 11.7 Å². The van der Waals surface area contributed by atoms with Gasteiger partial charge in [-0.3, -0.25) is 5.32 Å². The molecule has 0 spiro atoms. The molecule has 0 aromatic heterocycles. The van der Waals surface area contributed by atoms with Gasteiger partial charge in [-0.15, -0.1) is 0 Å². The Morgan fingerprint density at radius 1 is 1.29 bits per heavy atom. The molecule has 1 fully saturated rings. The van der Waals surface area contributed by atoms with Crippen molar-refractivity contribution in [3.8, 4) is 0 Å². The van der Waals surface area contributed by atoms with Gasteiger partial charge in [-0.2, -0.15) is 0 Å². The van der Waals surface area contributed by atoms with E-state index < -0.39 is 5.72 Å². The van der Waals surface area contributed by atoms with Gasteiger partial charge in [-0.05, 0) is 31.9 Å². The van der Waals surface area contributed by atoms with Gasteiger partial charge in [0.1, 0.15) is 5.72 Å². The minimum Gasteiger partial charge on any atom is -0.372 e. The first kappa shape index (κ1) is 9.97. The zero-order chi connectivity index (χ0) is 10.0. The van der Waals surface area contributed by atoms with E-state index in [9.17, 15) is 5.11 Å². The molecular weight excluding hydrogens is 198 g/mol. The first-order valence-electron chi connectivity index (χ1n) is 4.95. The normalized spacial score (nSPS) is 27.6. The van der Waals surface area contributed by atoms with Gasteiger partial charge in [-0.25, -0.2) is 0 Å². The summed E-state index contributed by atoms with van der Waals surface area (Å²) in [4.78, 5) is 0. The van der Waals surface area contributed by atoms with Gasteiger partial charge in [0.2, 0.25) is 0 Å².